The third-order valence-electron chi connectivity index (χ3n) is 3.02. The highest BCUT2D eigenvalue weighted by molar-refractivity contribution is 5.62. The van der Waals surface area contributed by atoms with Crippen molar-refractivity contribution in [3.8, 4) is 0 Å². The van der Waals surface area contributed by atoms with Gasteiger partial charge in [-0.1, -0.05) is 12.8 Å². The molecule has 1 atom stereocenters. The summed E-state index contributed by atoms with van der Waals surface area (Å²) in [5.74, 6) is 0.908. The zero-order chi connectivity index (χ0) is 8.44. The lowest BCUT2D eigenvalue weighted by molar-refractivity contribution is -0.126. The van der Waals surface area contributed by atoms with Gasteiger partial charge in [-0.2, -0.15) is 0 Å². The minimum Gasteiger partial charge on any atom is -0.368 e. The molecule has 2 rings (SSSR count). The molecular weight excluding hydrogens is 152 g/mol. The summed E-state index contributed by atoms with van der Waals surface area (Å²) in [6.45, 7) is 0.781. The molecule has 0 aromatic heterocycles. The molecule has 0 amide bonds. The summed E-state index contributed by atoms with van der Waals surface area (Å²) in [5, 5.41) is 0. The van der Waals surface area contributed by atoms with E-state index in [0.29, 0.717) is 0 Å². The normalized spacial score (nSPS) is 35.3. The van der Waals surface area contributed by atoms with Gasteiger partial charge in [-0.05, 0) is 31.6 Å². The lowest BCUT2D eigenvalue weighted by Gasteiger charge is -2.20. The van der Waals surface area contributed by atoms with Gasteiger partial charge in [-0.15, -0.1) is 0 Å². The van der Waals surface area contributed by atoms with Crippen LogP contribution in [0, 0.1) is 5.92 Å². The maximum absolute atomic E-state index is 10.8. The van der Waals surface area contributed by atoms with Gasteiger partial charge in [0.1, 0.15) is 5.60 Å². The van der Waals surface area contributed by atoms with Crippen molar-refractivity contribution in [3.63, 3.8) is 0 Å². The van der Waals surface area contributed by atoms with Crippen molar-refractivity contribution in [2.75, 3.05) is 6.61 Å². The van der Waals surface area contributed by atoms with Gasteiger partial charge in [-0.3, -0.25) is 0 Å². The van der Waals surface area contributed by atoms with E-state index in [9.17, 15) is 4.79 Å². The SMILES string of the molecule is O=CC1(CCC2CC2)CCCO1. The Hall–Kier alpha value is -0.370. The van der Waals surface area contributed by atoms with Gasteiger partial charge >= 0.3 is 0 Å². The lowest BCUT2D eigenvalue weighted by Crippen LogP contribution is -2.29. The largest absolute Gasteiger partial charge is 0.368 e. The van der Waals surface area contributed by atoms with Crippen molar-refractivity contribution in [2.24, 2.45) is 5.92 Å². The van der Waals surface area contributed by atoms with Crippen molar-refractivity contribution in [3.05, 3.63) is 0 Å². The van der Waals surface area contributed by atoms with E-state index < -0.39 is 0 Å². The second-order valence-corrected chi connectivity index (χ2v) is 4.12. The first-order valence-corrected chi connectivity index (χ1v) is 4.95. The third-order valence-corrected chi connectivity index (χ3v) is 3.02. The summed E-state index contributed by atoms with van der Waals surface area (Å²) < 4.78 is 5.50. The molecule has 0 radical (unpaired) electrons. The van der Waals surface area contributed by atoms with Crippen LogP contribution >= 0.6 is 0 Å². The molecule has 2 aliphatic rings. The van der Waals surface area contributed by atoms with E-state index in [2.05, 4.69) is 0 Å². The van der Waals surface area contributed by atoms with Gasteiger partial charge in [0, 0.05) is 6.61 Å². The molecule has 1 saturated heterocycles. The number of hydrogen-bond acceptors (Lipinski definition) is 2. The third kappa shape index (κ3) is 1.69. The number of rotatable bonds is 4. The molecule has 0 bridgehead atoms. The Morgan fingerprint density at radius 2 is 2.33 bits per heavy atom. The molecule has 0 aromatic rings. The van der Waals surface area contributed by atoms with Crippen molar-refractivity contribution in [1.82, 2.24) is 0 Å². The fraction of sp³-hybridized carbons (Fsp3) is 0.900. The van der Waals surface area contributed by atoms with E-state index in [1.807, 2.05) is 0 Å². The van der Waals surface area contributed by atoms with Crippen LogP contribution in [0.3, 0.4) is 0 Å². The monoisotopic (exact) mass is 168 g/mol. The highest BCUT2D eigenvalue weighted by atomic mass is 16.5. The Bertz CT molecular complexity index is 167. The number of carbonyl (C=O) groups is 1. The smallest absolute Gasteiger partial charge is 0.151 e. The molecule has 0 aromatic carbocycles. The van der Waals surface area contributed by atoms with Crippen molar-refractivity contribution < 1.29 is 9.53 Å². The first-order valence-electron chi connectivity index (χ1n) is 4.95. The maximum atomic E-state index is 10.8. The topological polar surface area (TPSA) is 26.3 Å². The molecule has 0 N–H and O–H groups in total. The van der Waals surface area contributed by atoms with Crippen LogP contribution in [0.15, 0.2) is 0 Å². The Morgan fingerprint density at radius 1 is 1.50 bits per heavy atom. The van der Waals surface area contributed by atoms with Crippen LogP contribution < -0.4 is 0 Å². The summed E-state index contributed by atoms with van der Waals surface area (Å²) >= 11 is 0. The minimum atomic E-state index is -0.372. The van der Waals surface area contributed by atoms with Crippen LogP contribution in [-0.4, -0.2) is 18.5 Å². The van der Waals surface area contributed by atoms with Gasteiger partial charge in [0.15, 0.2) is 6.29 Å². The standard InChI is InChI=1S/C10H16O2/c11-8-10(5-1-7-12-10)6-4-9-2-3-9/h8-9H,1-7H2. The number of aldehydes is 1. The zero-order valence-corrected chi connectivity index (χ0v) is 7.42. The lowest BCUT2D eigenvalue weighted by atomic mass is 9.95. The van der Waals surface area contributed by atoms with Crippen LogP contribution in [0.25, 0.3) is 0 Å². The maximum Gasteiger partial charge on any atom is 0.151 e. The number of ether oxygens (including phenoxy) is 1. The summed E-state index contributed by atoms with van der Waals surface area (Å²) in [7, 11) is 0. The van der Waals surface area contributed by atoms with E-state index >= 15 is 0 Å². The first kappa shape index (κ1) is 8.24. The first-order chi connectivity index (χ1) is 5.85. The Labute approximate surface area is 73.3 Å². The van der Waals surface area contributed by atoms with E-state index in [1.54, 1.807) is 0 Å². The zero-order valence-electron chi connectivity index (χ0n) is 7.42. The Kier molecular flexibility index (Phi) is 2.18. The number of carbonyl (C=O) groups excluding carboxylic acids is 1. The summed E-state index contributed by atoms with van der Waals surface area (Å²) in [6, 6.07) is 0. The second-order valence-electron chi connectivity index (χ2n) is 4.12. The molecule has 1 heterocycles. The molecule has 0 spiro atoms. The molecule has 68 valence electrons. The van der Waals surface area contributed by atoms with Crippen molar-refractivity contribution >= 4 is 6.29 Å². The highest BCUT2D eigenvalue weighted by Crippen LogP contribution is 2.38. The number of hydrogen-bond donors (Lipinski definition) is 0. The summed E-state index contributed by atoms with van der Waals surface area (Å²) in [4.78, 5) is 10.8. The van der Waals surface area contributed by atoms with Gasteiger partial charge in [0.05, 0.1) is 0 Å². The summed E-state index contributed by atoms with van der Waals surface area (Å²) in [5.41, 5.74) is -0.372. The molecule has 1 saturated carbocycles. The van der Waals surface area contributed by atoms with E-state index in [0.717, 1.165) is 38.1 Å². The summed E-state index contributed by atoms with van der Waals surface area (Å²) in [6.07, 6.45) is 7.93. The minimum absolute atomic E-state index is 0.372. The van der Waals surface area contributed by atoms with Crippen LogP contribution in [0.4, 0.5) is 0 Å². The van der Waals surface area contributed by atoms with Gasteiger partial charge in [-0.25, -0.2) is 0 Å². The highest BCUT2D eigenvalue weighted by Gasteiger charge is 2.36. The molecule has 2 heteroatoms. The van der Waals surface area contributed by atoms with Crippen LogP contribution in [0.1, 0.15) is 38.5 Å². The molecule has 2 fully saturated rings. The van der Waals surface area contributed by atoms with Crippen LogP contribution in [0.5, 0.6) is 0 Å². The average Bonchev–Trinajstić information content (AvgIpc) is 2.82. The van der Waals surface area contributed by atoms with E-state index in [-0.39, 0.29) is 5.60 Å². The fourth-order valence-corrected chi connectivity index (χ4v) is 1.92. The van der Waals surface area contributed by atoms with Crippen LogP contribution in [0.2, 0.25) is 0 Å². The van der Waals surface area contributed by atoms with Crippen LogP contribution in [-0.2, 0) is 9.53 Å². The molecule has 1 aliphatic carbocycles. The average molecular weight is 168 g/mol. The molecule has 1 unspecified atom stereocenters. The second kappa shape index (κ2) is 3.17. The van der Waals surface area contributed by atoms with Gasteiger partial charge in [0.2, 0.25) is 0 Å². The quantitative estimate of drug-likeness (QED) is 0.599. The van der Waals surface area contributed by atoms with E-state index in [4.69, 9.17) is 4.74 Å². The van der Waals surface area contributed by atoms with Gasteiger partial charge < -0.3 is 9.53 Å². The van der Waals surface area contributed by atoms with Crippen molar-refractivity contribution in [2.45, 2.75) is 44.1 Å². The van der Waals surface area contributed by atoms with E-state index in [1.165, 1.54) is 19.3 Å². The predicted molar refractivity (Wildman–Crippen MR) is 45.9 cm³/mol. The van der Waals surface area contributed by atoms with Gasteiger partial charge in [0.25, 0.3) is 0 Å². The Morgan fingerprint density at radius 3 is 2.83 bits per heavy atom. The fourth-order valence-electron chi connectivity index (χ4n) is 1.92. The molecule has 2 nitrogen and oxygen atoms in total. The molecule has 1 aliphatic heterocycles. The molecule has 12 heavy (non-hydrogen) atoms. The Balaban J connectivity index is 1.83. The molecular formula is C10H16O2. The predicted octanol–water partition coefficient (Wildman–Crippen LogP) is 1.92. The van der Waals surface area contributed by atoms with Crippen molar-refractivity contribution in [1.29, 1.82) is 0 Å².